The van der Waals surface area contributed by atoms with Crippen molar-refractivity contribution in [2.45, 2.75) is 39.3 Å². The molecule has 1 heterocycles. The molecule has 0 aromatic carbocycles. The van der Waals surface area contributed by atoms with Crippen molar-refractivity contribution in [2.75, 3.05) is 0 Å². The molecule has 1 rings (SSSR count). The Kier molecular flexibility index (Phi) is 2.60. The molecule has 4 heteroatoms. The van der Waals surface area contributed by atoms with Crippen LogP contribution in [0.4, 0.5) is 0 Å². The van der Waals surface area contributed by atoms with Gasteiger partial charge in [0.25, 0.3) is 0 Å². The minimum absolute atomic E-state index is 0.926. The molecule has 1 aliphatic heterocycles. The van der Waals surface area contributed by atoms with Crippen LogP contribution >= 0.6 is 0 Å². The van der Waals surface area contributed by atoms with Crippen LogP contribution in [-0.4, -0.2) is 27.1 Å². The lowest BCUT2D eigenvalue weighted by atomic mass is 8.63. The predicted octanol–water partition coefficient (Wildman–Crippen LogP) is 0.669. The van der Waals surface area contributed by atoms with E-state index in [-0.39, 0.29) is 0 Å². The van der Waals surface area contributed by atoms with E-state index in [0.717, 1.165) is 24.6 Å². The second-order valence-electron chi connectivity index (χ2n) is 4.48. The first-order chi connectivity index (χ1) is 4.61. The lowest BCUT2D eigenvalue weighted by molar-refractivity contribution is 1.05. The summed E-state index contributed by atoms with van der Waals surface area (Å²) in [6.45, 7) is 11.5. The molecule has 1 saturated heterocycles. The predicted molar refractivity (Wildman–Crippen MR) is 56.0 cm³/mol. The molecule has 0 atom stereocenters. The molecular formula is C6H16B4. The maximum atomic E-state index is 2.35. The first kappa shape index (κ1) is 8.36. The van der Waals surface area contributed by atoms with E-state index in [1.54, 1.807) is 0 Å². The number of hydrogen-bond donors (Lipinski definition) is 0. The molecule has 1 aliphatic rings. The Labute approximate surface area is 67.1 Å². The zero-order valence-corrected chi connectivity index (χ0v) is 7.72. The highest BCUT2D eigenvalue weighted by atomic mass is 13.8. The number of rotatable bonds is 2. The molecule has 1 fully saturated rings. The molecule has 0 unspecified atom stereocenters. The van der Waals surface area contributed by atoms with Crippen molar-refractivity contribution in [2.24, 2.45) is 0 Å². The molecule has 0 aromatic heterocycles. The smallest absolute Gasteiger partial charge is 0.0598 e. The third kappa shape index (κ3) is 1.65. The van der Waals surface area contributed by atoms with Crippen LogP contribution in [0.1, 0.15) is 27.7 Å². The molecule has 10 heavy (non-hydrogen) atoms. The maximum absolute atomic E-state index is 2.35. The molecule has 0 N–H and O–H groups in total. The highest BCUT2D eigenvalue weighted by Gasteiger charge is 2.39. The van der Waals surface area contributed by atoms with Crippen LogP contribution in [0, 0.1) is 0 Å². The van der Waals surface area contributed by atoms with Crippen molar-refractivity contribution in [3.8, 4) is 0 Å². The molecule has 0 spiro atoms. The minimum atomic E-state index is 0.926. The summed E-state index contributed by atoms with van der Waals surface area (Å²) >= 11 is 0. The van der Waals surface area contributed by atoms with Crippen molar-refractivity contribution in [3.05, 3.63) is 0 Å². The van der Waals surface area contributed by atoms with E-state index in [1.807, 2.05) is 0 Å². The Morgan fingerprint density at radius 2 is 1.10 bits per heavy atom. The first-order valence-electron chi connectivity index (χ1n) is 4.61. The average molecular weight is 131 g/mol. The van der Waals surface area contributed by atoms with Gasteiger partial charge in [-0.1, -0.05) is 39.3 Å². The van der Waals surface area contributed by atoms with Gasteiger partial charge < -0.3 is 0 Å². The van der Waals surface area contributed by atoms with Gasteiger partial charge in [0.15, 0.2) is 0 Å². The van der Waals surface area contributed by atoms with Crippen molar-refractivity contribution < 1.29 is 0 Å². The zero-order chi connectivity index (χ0) is 7.72. The fourth-order valence-electron chi connectivity index (χ4n) is 1.80. The van der Waals surface area contributed by atoms with Crippen LogP contribution in [0.2, 0.25) is 11.6 Å². The minimum Gasteiger partial charge on any atom is -0.0837 e. The summed E-state index contributed by atoms with van der Waals surface area (Å²) < 4.78 is 0. The normalized spacial score (nSPS) is 17.0. The monoisotopic (exact) mass is 132 g/mol. The van der Waals surface area contributed by atoms with E-state index in [4.69, 9.17) is 0 Å². The van der Waals surface area contributed by atoms with E-state index < -0.39 is 0 Å². The van der Waals surface area contributed by atoms with Crippen LogP contribution in [0.25, 0.3) is 0 Å². The largest absolute Gasteiger partial charge is 0.0837 e. The lowest BCUT2D eigenvalue weighted by Gasteiger charge is -2.34. The Morgan fingerprint density at radius 1 is 0.800 bits per heavy atom. The fraction of sp³-hybridized carbons (Fsp3) is 1.00. The van der Waals surface area contributed by atoms with Crippen molar-refractivity contribution in [3.63, 3.8) is 0 Å². The van der Waals surface area contributed by atoms with Gasteiger partial charge in [-0.25, -0.2) is 0 Å². The van der Waals surface area contributed by atoms with Crippen LogP contribution < -0.4 is 0 Å². The Morgan fingerprint density at radius 3 is 1.30 bits per heavy atom. The summed E-state index contributed by atoms with van der Waals surface area (Å²) in [5.41, 5.74) is 0. The van der Waals surface area contributed by atoms with Gasteiger partial charge in [-0.05, 0) is 0 Å². The Hall–Kier alpha value is 0.260. The highest BCUT2D eigenvalue weighted by molar-refractivity contribution is 7.86. The SMILES string of the molecule is CC(C)B1BB(C(C)C)B1. The fourth-order valence-corrected chi connectivity index (χ4v) is 1.80. The Bertz CT molecular complexity index is 94.3. The second kappa shape index (κ2) is 3.11. The third-order valence-corrected chi connectivity index (χ3v) is 3.10. The van der Waals surface area contributed by atoms with E-state index >= 15 is 0 Å². The molecule has 0 aliphatic carbocycles. The van der Waals surface area contributed by atoms with Crippen LogP contribution in [0.5, 0.6) is 0 Å². The van der Waals surface area contributed by atoms with Gasteiger partial charge in [-0.2, -0.15) is 0 Å². The van der Waals surface area contributed by atoms with Gasteiger partial charge in [-0.3, -0.25) is 0 Å². The van der Waals surface area contributed by atoms with Crippen LogP contribution in [0.15, 0.2) is 0 Å². The summed E-state index contributed by atoms with van der Waals surface area (Å²) in [5.74, 6) is 1.85. The molecule has 52 valence electrons. The molecule has 0 amide bonds. The average Bonchev–Trinajstić information content (AvgIpc) is 1.56. The van der Waals surface area contributed by atoms with Gasteiger partial charge in [0.1, 0.15) is 0 Å². The van der Waals surface area contributed by atoms with Gasteiger partial charge >= 0.3 is 0 Å². The molecule has 0 aromatic rings. The molecular weight excluding hydrogens is 115 g/mol. The maximum Gasteiger partial charge on any atom is 0.0598 e. The molecule has 0 saturated carbocycles. The summed E-state index contributed by atoms with van der Waals surface area (Å²) in [6, 6.07) is 0. The standard InChI is InChI=1S/C6H16B4/c1-5(2)9-7-10(8-9)6(3)4/h5-8H,1-4H3. The zero-order valence-electron chi connectivity index (χ0n) is 7.72. The molecule has 0 radical (unpaired) electrons. The van der Waals surface area contributed by atoms with Gasteiger partial charge in [0.2, 0.25) is 0 Å². The highest BCUT2D eigenvalue weighted by Crippen LogP contribution is 2.19. The lowest BCUT2D eigenvalue weighted by Crippen LogP contribution is -2.63. The summed E-state index contributed by atoms with van der Waals surface area (Å²) in [7, 11) is 2.99. The van der Waals surface area contributed by atoms with Crippen molar-refractivity contribution >= 4 is 27.1 Å². The molecule has 0 nitrogen and oxygen atoms in total. The third-order valence-electron chi connectivity index (χ3n) is 3.10. The summed E-state index contributed by atoms with van der Waals surface area (Å²) in [6.07, 6.45) is 0. The van der Waals surface area contributed by atoms with E-state index in [0.29, 0.717) is 0 Å². The van der Waals surface area contributed by atoms with Crippen LogP contribution in [0.3, 0.4) is 0 Å². The summed E-state index contributed by atoms with van der Waals surface area (Å²) in [4.78, 5) is 0. The van der Waals surface area contributed by atoms with Crippen molar-refractivity contribution in [1.29, 1.82) is 0 Å². The summed E-state index contributed by atoms with van der Waals surface area (Å²) in [5, 5.41) is 0. The van der Waals surface area contributed by atoms with E-state index in [1.165, 1.54) is 14.1 Å². The topological polar surface area (TPSA) is 0 Å². The first-order valence-corrected chi connectivity index (χ1v) is 4.61. The van der Waals surface area contributed by atoms with Gasteiger partial charge in [0.05, 0.1) is 13.0 Å². The van der Waals surface area contributed by atoms with Gasteiger partial charge in [0, 0.05) is 14.1 Å². The number of hydrogen-bond acceptors (Lipinski definition) is 0. The van der Waals surface area contributed by atoms with E-state index in [2.05, 4.69) is 27.7 Å². The molecule has 0 bridgehead atoms. The quantitative estimate of drug-likeness (QED) is 0.483. The van der Waals surface area contributed by atoms with Gasteiger partial charge in [-0.15, -0.1) is 0 Å². The van der Waals surface area contributed by atoms with E-state index in [9.17, 15) is 0 Å². The van der Waals surface area contributed by atoms with Crippen molar-refractivity contribution in [1.82, 2.24) is 0 Å². The van der Waals surface area contributed by atoms with Crippen LogP contribution in [-0.2, 0) is 0 Å². The second-order valence-corrected chi connectivity index (χ2v) is 4.48. The Balaban J connectivity index is 2.18.